The SMILES string of the molecule is COc1cccc2c1-c1ccc3c(c1/C(=C\c1c(F)cccc1F)O2)C(C)=CC(C)(C)N3. The van der Waals surface area contributed by atoms with Crippen LogP contribution in [0.4, 0.5) is 14.5 Å². The summed E-state index contributed by atoms with van der Waals surface area (Å²) in [7, 11) is 1.61. The third-order valence-corrected chi connectivity index (χ3v) is 5.85. The molecule has 2 heterocycles. The summed E-state index contributed by atoms with van der Waals surface area (Å²) in [5.41, 5.74) is 5.07. The molecule has 5 rings (SSSR count). The van der Waals surface area contributed by atoms with Crippen LogP contribution in [-0.4, -0.2) is 12.6 Å². The van der Waals surface area contributed by atoms with E-state index < -0.39 is 11.6 Å². The minimum Gasteiger partial charge on any atom is -0.496 e. The fraction of sp³-hybridized carbons (Fsp3) is 0.185. The molecular weight excluding hydrogens is 408 g/mol. The predicted octanol–water partition coefficient (Wildman–Crippen LogP) is 7.14. The highest BCUT2D eigenvalue weighted by Crippen LogP contribution is 2.52. The van der Waals surface area contributed by atoms with E-state index in [1.165, 1.54) is 24.3 Å². The second-order valence-electron chi connectivity index (χ2n) is 8.66. The summed E-state index contributed by atoms with van der Waals surface area (Å²) in [6.45, 7) is 6.24. The number of anilines is 1. The lowest BCUT2D eigenvalue weighted by molar-refractivity contribution is 0.412. The lowest BCUT2D eigenvalue weighted by atomic mass is 9.83. The average molecular weight is 431 g/mol. The second-order valence-corrected chi connectivity index (χ2v) is 8.66. The first kappa shape index (κ1) is 20.3. The number of rotatable bonds is 2. The first-order chi connectivity index (χ1) is 15.3. The van der Waals surface area contributed by atoms with E-state index in [0.717, 1.165) is 33.5 Å². The smallest absolute Gasteiger partial charge is 0.139 e. The van der Waals surface area contributed by atoms with Crippen molar-refractivity contribution in [2.45, 2.75) is 26.3 Å². The molecule has 0 amide bonds. The van der Waals surface area contributed by atoms with Crippen molar-refractivity contribution in [1.29, 1.82) is 0 Å². The van der Waals surface area contributed by atoms with Gasteiger partial charge >= 0.3 is 0 Å². The Morgan fingerprint density at radius 2 is 1.66 bits per heavy atom. The maximum absolute atomic E-state index is 14.5. The number of fused-ring (bicyclic) bond motifs is 5. The van der Waals surface area contributed by atoms with Crippen LogP contribution >= 0.6 is 0 Å². The molecule has 0 aromatic heterocycles. The predicted molar refractivity (Wildman–Crippen MR) is 125 cm³/mol. The molecule has 0 saturated heterocycles. The van der Waals surface area contributed by atoms with Crippen molar-refractivity contribution < 1.29 is 18.3 Å². The van der Waals surface area contributed by atoms with Gasteiger partial charge in [0.2, 0.25) is 0 Å². The maximum atomic E-state index is 14.5. The molecule has 2 aliphatic heterocycles. The van der Waals surface area contributed by atoms with Crippen molar-refractivity contribution in [3.8, 4) is 22.6 Å². The lowest BCUT2D eigenvalue weighted by Crippen LogP contribution is -2.32. The highest BCUT2D eigenvalue weighted by Gasteiger charge is 2.32. The Hall–Kier alpha value is -3.60. The summed E-state index contributed by atoms with van der Waals surface area (Å²) in [5, 5.41) is 3.54. The van der Waals surface area contributed by atoms with Crippen LogP contribution in [-0.2, 0) is 0 Å². The quantitative estimate of drug-likeness (QED) is 0.468. The largest absolute Gasteiger partial charge is 0.496 e. The van der Waals surface area contributed by atoms with Gasteiger partial charge in [-0.2, -0.15) is 0 Å². The van der Waals surface area contributed by atoms with Gasteiger partial charge in [0, 0.05) is 27.9 Å². The van der Waals surface area contributed by atoms with Crippen LogP contribution in [0.15, 0.2) is 54.6 Å². The standard InChI is InChI=1S/C27H23F2NO2/c1-15-14-27(2,3)30-20-12-11-16-25-21(31-4)9-6-10-22(25)32-23(26(16)24(15)20)13-17-18(28)7-5-8-19(17)29/h5-14,30H,1-4H3/b23-13+. The molecule has 0 aliphatic carbocycles. The fourth-order valence-electron chi connectivity index (χ4n) is 4.66. The molecule has 0 fully saturated rings. The summed E-state index contributed by atoms with van der Waals surface area (Å²) in [4.78, 5) is 0. The normalized spacial score (nSPS) is 16.8. The zero-order valence-electron chi connectivity index (χ0n) is 18.3. The zero-order valence-corrected chi connectivity index (χ0v) is 18.3. The summed E-state index contributed by atoms with van der Waals surface area (Å²) < 4.78 is 40.9. The Balaban J connectivity index is 1.85. The average Bonchev–Trinajstić information content (AvgIpc) is 2.74. The maximum Gasteiger partial charge on any atom is 0.139 e. The number of hydrogen-bond acceptors (Lipinski definition) is 3. The summed E-state index contributed by atoms with van der Waals surface area (Å²) in [6.07, 6.45) is 3.59. The van der Waals surface area contributed by atoms with E-state index in [2.05, 4.69) is 25.2 Å². The van der Waals surface area contributed by atoms with Crippen LogP contribution in [0.2, 0.25) is 0 Å². The molecule has 0 bridgehead atoms. The van der Waals surface area contributed by atoms with Gasteiger partial charge in [0.1, 0.15) is 28.9 Å². The van der Waals surface area contributed by atoms with Gasteiger partial charge in [0.25, 0.3) is 0 Å². The molecule has 3 aromatic rings. The van der Waals surface area contributed by atoms with Gasteiger partial charge in [0.05, 0.1) is 18.2 Å². The Labute approximate surface area is 186 Å². The molecule has 0 atom stereocenters. The van der Waals surface area contributed by atoms with Crippen LogP contribution in [0.25, 0.3) is 28.5 Å². The van der Waals surface area contributed by atoms with Gasteiger partial charge in [-0.1, -0.05) is 24.3 Å². The van der Waals surface area contributed by atoms with E-state index in [9.17, 15) is 8.78 Å². The molecule has 5 heteroatoms. The number of ether oxygens (including phenoxy) is 2. The van der Waals surface area contributed by atoms with Crippen molar-refractivity contribution in [3.63, 3.8) is 0 Å². The van der Waals surface area contributed by atoms with E-state index in [-0.39, 0.29) is 11.1 Å². The van der Waals surface area contributed by atoms with Crippen molar-refractivity contribution in [2.75, 3.05) is 12.4 Å². The van der Waals surface area contributed by atoms with Crippen LogP contribution in [0.1, 0.15) is 37.5 Å². The van der Waals surface area contributed by atoms with Gasteiger partial charge in [-0.25, -0.2) is 8.78 Å². The minimum atomic E-state index is -0.643. The van der Waals surface area contributed by atoms with E-state index in [1.807, 2.05) is 37.3 Å². The number of benzene rings is 3. The van der Waals surface area contributed by atoms with Crippen molar-refractivity contribution in [1.82, 2.24) is 0 Å². The van der Waals surface area contributed by atoms with Gasteiger partial charge < -0.3 is 14.8 Å². The molecule has 32 heavy (non-hydrogen) atoms. The van der Waals surface area contributed by atoms with Crippen molar-refractivity contribution >= 4 is 23.1 Å². The van der Waals surface area contributed by atoms with Gasteiger partial charge in [-0.15, -0.1) is 0 Å². The molecule has 162 valence electrons. The first-order valence-electron chi connectivity index (χ1n) is 10.5. The van der Waals surface area contributed by atoms with E-state index in [1.54, 1.807) is 7.11 Å². The van der Waals surface area contributed by atoms with Crippen LogP contribution in [0, 0.1) is 11.6 Å². The highest BCUT2D eigenvalue weighted by atomic mass is 19.1. The number of methoxy groups -OCH3 is 1. The number of nitrogens with one attached hydrogen (secondary N) is 1. The lowest BCUT2D eigenvalue weighted by Gasteiger charge is -2.35. The van der Waals surface area contributed by atoms with Crippen molar-refractivity contribution in [2.24, 2.45) is 0 Å². The third-order valence-electron chi connectivity index (χ3n) is 5.85. The topological polar surface area (TPSA) is 30.5 Å². The minimum absolute atomic E-state index is 0.136. The summed E-state index contributed by atoms with van der Waals surface area (Å²) in [6, 6.07) is 13.4. The molecule has 0 unspecified atom stereocenters. The Kier molecular flexibility index (Phi) is 4.59. The molecule has 3 aromatic carbocycles. The van der Waals surface area contributed by atoms with Crippen molar-refractivity contribution in [3.05, 3.63) is 82.9 Å². The number of allylic oxidation sites excluding steroid dienone is 1. The van der Waals surface area contributed by atoms with E-state index >= 15 is 0 Å². The molecule has 0 radical (unpaired) electrons. The Bertz CT molecular complexity index is 1300. The summed E-state index contributed by atoms with van der Waals surface area (Å²) >= 11 is 0. The number of halogens is 2. The van der Waals surface area contributed by atoms with E-state index in [4.69, 9.17) is 9.47 Å². The Morgan fingerprint density at radius 3 is 2.38 bits per heavy atom. The van der Waals surface area contributed by atoms with Crippen LogP contribution < -0.4 is 14.8 Å². The fourth-order valence-corrected chi connectivity index (χ4v) is 4.66. The van der Waals surface area contributed by atoms with Crippen LogP contribution in [0.3, 0.4) is 0 Å². The number of hydrogen-bond donors (Lipinski definition) is 1. The molecule has 0 saturated carbocycles. The zero-order chi connectivity index (χ0) is 22.6. The Morgan fingerprint density at radius 1 is 0.938 bits per heavy atom. The molecule has 1 N–H and O–H groups in total. The van der Waals surface area contributed by atoms with Gasteiger partial charge in [-0.05, 0) is 62.8 Å². The van der Waals surface area contributed by atoms with Gasteiger partial charge in [-0.3, -0.25) is 0 Å². The third kappa shape index (κ3) is 3.16. The second kappa shape index (κ2) is 7.23. The first-order valence-corrected chi connectivity index (χ1v) is 10.5. The van der Waals surface area contributed by atoms with Crippen LogP contribution in [0.5, 0.6) is 11.5 Å². The summed E-state index contributed by atoms with van der Waals surface area (Å²) in [5.74, 6) is 0.345. The monoisotopic (exact) mass is 431 g/mol. The molecule has 0 spiro atoms. The van der Waals surface area contributed by atoms with Gasteiger partial charge in [0.15, 0.2) is 0 Å². The van der Waals surface area contributed by atoms with E-state index in [0.29, 0.717) is 17.3 Å². The molecular formula is C27H23F2NO2. The highest BCUT2D eigenvalue weighted by molar-refractivity contribution is 6.01. The molecule has 3 nitrogen and oxygen atoms in total. The molecule has 2 aliphatic rings.